The molecule has 0 spiro atoms. The Morgan fingerprint density at radius 1 is 1.16 bits per heavy atom. The van der Waals surface area contributed by atoms with Crippen LogP contribution in [0.4, 0.5) is 0 Å². The zero-order valence-electron chi connectivity index (χ0n) is 10.5. The quantitative estimate of drug-likeness (QED) is 0.885. The SMILES string of the molecule is O=C(O)C1CCCOC1c1ccc2c(c1)OCCO2. The lowest BCUT2D eigenvalue weighted by Crippen LogP contribution is -2.29. The highest BCUT2D eigenvalue weighted by Crippen LogP contribution is 2.38. The fraction of sp³-hybridized carbons (Fsp3) is 0.500. The van der Waals surface area contributed by atoms with Gasteiger partial charge in [0.05, 0.1) is 12.0 Å². The summed E-state index contributed by atoms with van der Waals surface area (Å²) < 4.78 is 16.6. The van der Waals surface area contributed by atoms with Gasteiger partial charge in [0.2, 0.25) is 0 Å². The molecule has 0 aromatic heterocycles. The van der Waals surface area contributed by atoms with Gasteiger partial charge in [0.15, 0.2) is 11.5 Å². The number of aliphatic carboxylic acids is 1. The van der Waals surface area contributed by atoms with E-state index in [4.69, 9.17) is 14.2 Å². The van der Waals surface area contributed by atoms with Crippen LogP contribution in [0.1, 0.15) is 24.5 Å². The van der Waals surface area contributed by atoms with Crippen LogP contribution in [0, 0.1) is 5.92 Å². The number of carboxylic acids is 1. The van der Waals surface area contributed by atoms with Crippen molar-refractivity contribution in [2.75, 3.05) is 19.8 Å². The third kappa shape index (κ3) is 2.38. The molecule has 19 heavy (non-hydrogen) atoms. The lowest BCUT2D eigenvalue weighted by atomic mass is 9.89. The minimum Gasteiger partial charge on any atom is -0.486 e. The monoisotopic (exact) mass is 264 g/mol. The predicted octanol–water partition coefficient (Wildman–Crippen LogP) is 2.01. The predicted molar refractivity (Wildman–Crippen MR) is 66.5 cm³/mol. The Balaban J connectivity index is 1.89. The van der Waals surface area contributed by atoms with Crippen molar-refractivity contribution < 1.29 is 24.1 Å². The number of ether oxygens (including phenoxy) is 3. The van der Waals surface area contributed by atoms with E-state index < -0.39 is 18.0 Å². The topological polar surface area (TPSA) is 65.0 Å². The molecule has 1 N–H and O–H groups in total. The van der Waals surface area contributed by atoms with E-state index in [1.54, 1.807) is 0 Å². The lowest BCUT2D eigenvalue weighted by molar-refractivity contribution is -0.151. The van der Waals surface area contributed by atoms with Crippen LogP contribution in [-0.2, 0) is 9.53 Å². The van der Waals surface area contributed by atoms with E-state index in [0.29, 0.717) is 37.7 Å². The molecule has 2 heterocycles. The van der Waals surface area contributed by atoms with Crippen molar-refractivity contribution in [2.24, 2.45) is 5.92 Å². The van der Waals surface area contributed by atoms with Crippen LogP contribution in [0.3, 0.4) is 0 Å². The number of hydrogen-bond donors (Lipinski definition) is 1. The maximum atomic E-state index is 11.3. The summed E-state index contributed by atoms with van der Waals surface area (Å²) in [4.78, 5) is 11.3. The van der Waals surface area contributed by atoms with E-state index >= 15 is 0 Å². The first kappa shape index (κ1) is 12.3. The number of carbonyl (C=O) groups is 1. The summed E-state index contributed by atoms with van der Waals surface area (Å²) in [5.74, 6) is 0.0793. The molecule has 1 saturated heterocycles. The van der Waals surface area contributed by atoms with Crippen molar-refractivity contribution in [3.05, 3.63) is 23.8 Å². The lowest BCUT2D eigenvalue weighted by Gasteiger charge is -2.30. The summed E-state index contributed by atoms with van der Waals surface area (Å²) >= 11 is 0. The molecule has 0 radical (unpaired) electrons. The van der Waals surface area contributed by atoms with E-state index in [2.05, 4.69) is 0 Å². The molecule has 0 amide bonds. The van der Waals surface area contributed by atoms with E-state index in [-0.39, 0.29) is 0 Å². The summed E-state index contributed by atoms with van der Waals surface area (Å²) in [5.41, 5.74) is 0.844. The molecule has 1 aromatic carbocycles. The van der Waals surface area contributed by atoms with Gasteiger partial charge in [-0.15, -0.1) is 0 Å². The van der Waals surface area contributed by atoms with Gasteiger partial charge in [-0.3, -0.25) is 4.79 Å². The molecular formula is C14H16O5. The van der Waals surface area contributed by atoms with E-state index in [1.165, 1.54) is 0 Å². The molecule has 0 saturated carbocycles. The Bertz CT molecular complexity index is 485. The summed E-state index contributed by atoms with van der Waals surface area (Å²) in [6, 6.07) is 5.51. The van der Waals surface area contributed by atoms with Crippen molar-refractivity contribution >= 4 is 5.97 Å². The molecule has 5 nitrogen and oxygen atoms in total. The van der Waals surface area contributed by atoms with Gasteiger partial charge in [0.1, 0.15) is 13.2 Å². The zero-order chi connectivity index (χ0) is 13.2. The molecule has 2 aliphatic rings. The molecule has 5 heteroatoms. The van der Waals surface area contributed by atoms with Crippen LogP contribution in [0.25, 0.3) is 0 Å². The van der Waals surface area contributed by atoms with Crippen molar-refractivity contribution in [1.82, 2.24) is 0 Å². The second-order valence-corrected chi connectivity index (χ2v) is 4.78. The number of fused-ring (bicyclic) bond motifs is 1. The Hall–Kier alpha value is -1.75. The smallest absolute Gasteiger partial charge is 0.309 e. The van der Waals surface area contributed by atoms with Crippen LogP contribution in [0.15, 0.2) is 18.2 Å². The van der Waals surface area contributed by atoms with Crippen LogP contribution in [-0.4, -0.2) is 30.9 Å². The Morgan fingerprint density at radius 2 is 1.95 bits per heavy atom. The zero-order valence-corrected chi connectivity index (χ0v) is 10.5. The standard InChI is InChI=1S/C14H16O5/c15-14(16)10-2-1-5-19-13(10)9-3-4-11-12(8-9)18-7-6-17-11/h3-4,8,10,13H,1-2,5-7H2,(H,15,16). The molecule has 3 rings (SSSR count). The normalized spacial score (nSPS) is 25.9. The van der Waals surface area contributed by atoms with Crippen molar-refractivity contribution in [3.63, 3.8) is 0 Å². The van der Waals surface area contributed by atoms with Gasteiger partial charge in [-0.2, -0.15) is 0 Å². The first-order valence-corrected chi connectivity index (χ1v) is 6.49. The Morgan fingerprint density at radius 3 is 2.74 bits per heavy atom. The highest BCUT2D eigenvalue weighted by molar-refractivity contribution is 5.71. The number of hydrogen-bond acceptors (Lipinski definition) is 4. The molecule has 102 valence electrons. The minimum absolute atomic E-state index is 0.401. The first-order valence-electron chi connectivity index (χ1n) is 6.49. The average Bonchev–Trinajstić information content (AvgIpc) is 2.46. The molecule has 0 aliphatic carbocycles. The van der Waals surface area contributed by atoms with Crippen LogP contribution in [0.2, 0.25) is 0 Å². The summed E-state index contributed by atoms with van der Waals surface area (Å²) in [6.45, 7) is 1.66. The second-order valence-electron chi connectivity index (χ2n) is 4.78. The number of benzene rings is 1. The molecule has 2 unspecified atom stereocenters. The summed E-state index contributed by atoms with van der Waals surface area (Å²) in [5, 5.41) is 9.27. The molecule has 1 aromatic rings. The van der Waals surface area contributed by atoms with Crippen LogP contribution < -0.4 is 9.47 Å². The van der Waals surface area contributed by atoms with Crippen molar-refractivity contribution in [3.8, 4) is 11.5 Å². The maximum Gasteiger partial charge on any atom is 0.309 e. The molecule has 1 fully saturated rings. The van der Waals surface area contributed by atoms with E-state index in [1.807, 2.05) is 18.2 Å². The first-order chi connectivity index (χ1) is 9.25. The minimum atomic E-state index is -0.806. The van der Waals surface area contributed by atoms with Gasteiger partial charge in [-0.05, 0) is 30.5 Å². The van der Waals surface area contributed by atoms with Gasteiger partial charge in [0, 0.05) is 6.61 Å². The Kier molecular flexibility index (Phi) is 3.29. The largest absolute Gasteiger partial charge is 0.486 e. The molecule has 2 aliphatic heterocycles. The fourth-order valence-electron chi connectivity index (χ4n) is 2.60. The maximum absolute atomic E-state index is 11.3. The number of carboxylic acid groups (broad SMARTS) is 1. The Labute approximate surface area is 111 Å². The van der Waals surface area contributed by atoms with Gasteiger partial charge in [0.25, 0.3) is 0 Å². The summed E-state index contributed by atoms with van der Waals surface area (Å²) in [7, 11) is 0. The second kappa shape index (κ2) is 5.09. The average molecular weight is 264 g/mol. The van der Waals surface area contributed by atoms with Gasteiger partial charge in [-0.25, -0.2) is 0 Å². The molecule has 0 bridgehead atoms. The third-order valence-electron chi connectivity index (χ3n) is 3.53. The van der Waals surface area contributed by atoms with Crippen molar-refractivity contribution in [1.29, 1.82) is 0 Å². The number of rotatable bonds is 2. The third-order valence-corrected chi connectivity index (χ3v) is 3.53. The van der Waals surface area contributed by atoms with Gasteiger partial charge in [-0.1, -0.05) is 6.07 Å². The molecular weight excluding hydrogens is 248 g/mol. The van der Waals surface area contributed by atoms with Crippen LogP contribution >= 0.6 is 0 Å². The van der Waals surface area contributed by atoms with E-state index in [0.717, 1.165) is 12.0 Å². The molecule has 2 atom stereocenters. The highest BCUT2D eigenvalue weighted by atomic mass is 16.6. The summed E-state index contributed by atoms with van der Waals surface area (Å²) in [6.07, 6.45) is 1.04. The van der Waals surface area contributed by atoms with Crippen molar-refractivity contribution in [2.45, 2.75) is 18.9 Å². The van der Waals surface area contributed by atoms with Gasteiger partial charge < -0.3 is 19.3 Å². The highest BCUT2D eigenvalue weighted by Gasteiger charge is 2.33. The fourth-order valence-corrected chi connectivity index (χ4v) is 2.60. The van der Waals surface area contributed by atoms with Gasteiger partial charge >= 0.3 is 5.97 Å². The van der Waals surface area contributed by atoms with E-state index in [9.17, 15) is 9.90 Å². The van der Waals surface area contributed by atoms with Crippen LogP contribution in [0.5, 0.6) is 11.5 Å².